The van der Waals surface area contributed by atoms with Crippen molar-refractivity contribution in [3.8, 4) is 11.5 Å². The molecule has 7 nitrogen and oxygen atoms in total. The fourth-order valence-corrected chi connectivity index (χ4v) is 2.73. The van der Waals surface area contributed by atoms with E-state index in [0.717, 1.165) is 5.75 Å². The molecule has 4 N–H and O–H groups in total. The number of aromatic nitrogens is 3. The third-order valence-electron chi connectivity index (χ3n) is 3.23. The number of nitrogens with two attached hydrogens (primary N) is 1. The molecule has 0 radical (unpaired) electrons. The van der Waals surface area contributed by atoms with Crippen LogP contribution in [0.25, 0.3) is 0 Å². The van der Waals surface area contributed by atoms with Gasteiger partial charge in [0.2, 0.25) is 17.0 Å². The largest absolute Gasteiger partial charge is 0.457 e. The standard InChI is InChI=1S/C17H17N5O2S/c1-11(25-17-20-16(18)21-22-17)15(23)19-12-7-9-14(10-8-12)24-13-5-3-2-4-6-13/h2-11H,1H3,(H,19,23)(H3,18,20,21,22)/t11-/m0/s1. The summed E-state index contributed by atoms with van der Waals surface area (Å²) in [5, 5.41) is 9.36. The molecule has 25 heavy (non-hydrogen) atoms. The molecule has 0 aliphatic carbocycles. The minimum Gasteiger partial charge on any atom is -0.457 e. The maximum atomic E-state index is 12.2. The molecule has 1 amide bonds. The van der Waals surface area contributed by atoms with Gasteiger partial charge < -0.3 is 15.8 Å². The molecular formula is C17H17N5O2S. The van der Waals surface area contributed by atoms with E-state index in [1.54, 1.807) is 31.2 Å². The van der Waals surface area contributed by atoms with Crippen molar-refractivity contribution in [2.75, 3.05) is 11.1 Å². The summed E-state index contributed by atoms with van der Waals surface area (Å²) in [5.74, 6) is 1.53. The van der Waals surface area contributed by atoms with Crippen molar-refractivity contribution in [3.05, 3.63) is 54.6 Å². The molecule has 8 heteroatoms. The molecule has 128 valence electrons. The van der Waals surface area contributed by atoms with Crippen molar-refractivity contribution in [1.29, 1.82) is 0 Å². The second-order valence-corrected chi connectivity index (χ2v) is 6.50. The fourth-order valence-electron chi connectivity index (χ4n) is 2.00. The molecule has 1 aromatic heterocycles. The number of hydrogen-bond donors (Lipinski definition) is 3. The lowest BCUT2D eigenvalue weighted by molar-refractivity contribution is -0.115. The van der Waals surface area contributed by atoms with Crippen LogP contribution in [0.5, 0.6) is 11.5 Å². The number of aromatic amines is 1. The summed E-state index contributed by atoms with van der Waals surface area (Å²) in [7, 11) is 0. The van der Waals surface area contributed by atoms with Gasteiger partial charge in [-0.3, -0.25) is 4.79 Å². The van der Waals surface area contributed by atoms with Crippen LogP contribution in [-0.2, 0) is 4.79 Å². The first kappa shape index (κ1) is 16.8. The van der Waals surface area contributed by atoms with Gasteiger partial charge in [-0.25, -0.2) is 5.10 Å². The fraction of sp³-hybridized carbons (Fsp3) is 0.118. The first-order valence-electron chi connectivity index (χ1n) is 7.58. The third kappa shape index (κ3) is 4.74. The van der Waals surface area contributed by atoms with Crippen molar-refractivity contribution in [2.45, 2.75) is 17.3 Å². The van der Waals surface area contributed by atoms with E-state index in [1.807, 2.05) is 30.3 Å². The summed E-state index contributed by atoms with van der Waals surface area (Å²) in [4.78, 5) is 16.2. The molecule has 2 aromatic carbocycles. The number of amides is 1. The average Bonchev–Trinajstić information content (AvgIpc) is 3.02. The van der Waals surface area contributed by atoms with Crippen molar-refractivity contribution in [2.24, 2.45) is 0 Å². The van der Waals surface area contributed by atoms with Crippen LogP contribution >= 0.6 is 11.8 Å². The summed E-state index contributed by atoms with van der Waals surface area (Å²) >= 11 is 1.23. The number of ether oxygens (including phenoxy) is 1. The zero-order valence-electron chi connectivity index (χ0n) is 13.5. The van der Waals surface area contributed by atoms with Crippen LogP contribution in [0.15, 0.2) is 59.8 Å². The predicted molar refractivity (Wildman–Crippen MR) is 97.7 cm³/mol. The van der Waals surface area contributed by atoms with Gasteiger partial charge in [-0.2, -0.15) is 4.98 Å². The van der Waals surface area contributed by atoms with Crippen LogP contribution in [0.2, 0.25) is 0 Å². The van der Waals surface area contributed by atoms with E-state index in [-0.39, 0.29) is 17.1 Å². The average molecular weight is 355 g/mol. The molecular weight excluding hydrogens is 338 g/mol. The Morgan fingerprint density at radius 1 is 1.16 bits per heavy atom. The highest BCUT2D eigenvalue weighted by Crippen LogP contribution is 2.24. The van der Waals surface area contributed by atoms with Crippen LogP contribution < -0.4 is 15.8 Å². The van der Waals surface area contributed by atoms with Crippen molar-refractivity contribution in [3.63, 3.8) is 0 Å². The van der Waals surface area contributed by atoms with E-state index in [1.165, 1.54) is 11.8 Å². The molecule has 1 heterocycles. The number of carbonyl (C=O) groups is 1. The van der Waals surface area contributed by atoms with Crippen molar-refractivity contribution in [1.82, 2.24) is 15.2 Å². The van der Waals surface area contributed by atoms with Crippen LogP contribution in [0.1, 0.15) is 6.92 Å². The molecule has 0 aliphatic rings. The number of rotatable bonds is 6. The molecule has 3 aromatic rings. The minimum atomic E-state index is -0.365. The number of thioether (sulfide) groups is 1. The minimum absolute atomic E-state index is 0.148. The zero-order valence-corrected chi connectivity index (χ0v) is 14.3. The summed E-state index contributed by atoms with van der Waals surface area (Å²) < 4.78 is 5.72. The normalized spacial score (nSPS) is 11.7. The number of carbonyl (C=O) groups excluding carboxylic acids is 1. The smallest absolute Gasteiger partial charge is 0.237 e. The highest BCUT2D eigenvalue weighted by molar-refractivity contribution is 8.00. The van der Waals surface area contributed by atoms with E-state index in [4.69, 9.17) is 10.5 Å². The number of benzene rings is 2. The third-order valence-corrected chi connectivity index (χ3v) is 4.20. The Labute approximate surface area is 149 Å². The first-order valence-corrected chi connectivity index (χ1v) is 8.46. The van der Waals surface area contributed by atoms with Gasteiger partial charge in [0, 0.05) is 5.69 Å². The number of H-pyrrole nitrogens is 1. The quantitative estimate of drug-likeness (QED) is 0.586. The van der Waals surface area contributed by atoms with Crippen LogP contribution in [-0.4, -0.2) is 26.3 Å². The molecule has 1 atom stereocenters. The van der Waals surface area contributed by atoms with E-state index < -0.39 is 0 Å². The number of anilines is 2. The number of nitrogens with one attached hydrogen (secondary N) is 2. The van der Waals surface area contributed by atoms with Crippen LogP contribution in [0.4, 0.5) is 11.6 Å². The van der Waals surface area contributed by atoms with Gasteiger partial charge in [-0.15, -0.1) is 5.10 Å². The summed E-state index contributed by atoms with van der Waals surface area (Å²) in [6.07, 6.45) is 0. The molecule has 0 unspecified atom stereocenters. The van der Waals surface area contributed by atoms with Crippen LogP contribution in [0.3, 0.4) is 0 Å². The van der Waals surface area contributed by atoms with E-state index >= 15 is 0 Å². The second kappa shape index (κ2) is 7.71. The maximum Gasteiger partial charge on any atom is 0.237 e. The summed E-state index contributed by atoms with van der Waals surface area (Å²) in [5.41, 5.74) is 6.16. The maximum absolute atomic E-state index is 12.2. The van der Waals surface area contributed by atoms with Gasteiger partial charge in [0.15, 0.2) is 0 Å². The Hall–Kier alpha value is -3.00. The van der Waals surface area contributed by atoms with E-state index in [0.29, 0.717) is 16.6 Å². The Kier molecular flexibility index (Phi) is 5.20. The zero-order chi connectivity index (χ0) is 17.6. The Morgan fingerprint density at radius 3 is 2.48 bits per heavy atom. The first-order chi connectivity index (χ1) is 12.1. The van der Waals surface area contributed by atoms with Crippen molar-refractivity contribution < 1.29 is 9.53 Å². The molecule has 3 rings (SSSR count). The SMILES string of the molecule is C[C@H](Sc1n[nH]c(N)n1)C(=O)Nc1ccc(Oc2ccccc2)cc1. The number of nitrogens with zero attached hydrogens (tertiary/aromatic N) is 2. The van der Waals surface area contributed by atoms with Crippen molar-refractivity contribution >= 4 is 29.3 Å². The predicted octanol–water partition coefficient (Wildman–Crippen LogP) is 3.30. The molecule has 0 bridgehead atoms. The number of nitrogen functional groups attached to an aromatic ring is 1. The van der Waals surface area contributed by atoms with Gasteiger partial charge in [0.05, 0.1) is 5.25 Å². The second-order valence-electron chi connectivity index (χ2n) is 5.19. The van der Waals surface area contributed by atoms with Gasteiger partial charge in [0.1, 0.15) is 11.5 Å². The number of hydrogen-bond acceptors (Lipinski definition) is 6. The topological polar surface area (TPSA) is 106 Å². The van der Waals surface area contributed by atoms with Gasteiger partial charge in [-0.05, 0) is 43.3 Å². The summed E-state index contributed by atoms with van der Waals surface area (Å²) in [6.45, 7) is 1.78. The van der Waals surface area contributed by atoms with Gasteiger partial charge >= 0.3 is 0 Å². The molecule has 0 saturated carbocycles. The molecule has 0 fully saturated rings. The lowest BCUT2D eigenvalue weighted by Gasteiger charge is -2.11. The Bertz CT molecular complexity index is 836. The Morgan fingerprint density at radius 2 is 1.84 bits per heavy atom. The summed E-state index contributed by atoms with van der Waals surface area (Å²) in [6, 6.07) is 16.7. The lowest BCUT2D eigenvalue weighted by atomic mass is 10.3. The highest BCUT2D eigenvalue weighted by Gasteiger charge is 2.17. The highest BCUT2D eigenvalue weighted by atomic mass is 32.2. The lowest BCUT2D eigenvalue weighted by Crippen LogP contribution is -2.22. The molecule has 0 aliphatic heterocycles. The van der Waals surface area contributed by atoms with Gasteiger partial charge in [-0.1, -0.05) is 30.0 Å². The van der Waals surface area contributed by atoms with E-state index in [9.17, 15) is 4.79 Å². The molecule has 0 saturated heterocycles. The van der Waals surface area contributed by atoms with Crippen LogP contribution in [0, 0.1) is 0 Å². The number of para-hydroxylation sites is 1. The van der Waals surface area contributed by atoms with E-state index in [2.05, 4.69) is 20.5 Å². The Balaban J connectivity index is 1.56. The molecule has 0 spiro atoms. The monoisotopic (exact) mass is 355 g/mol. The van der Waals surface area contributed by atoms with Gasteiger partial charge in [0.25, 0.3) is 0 Å².